The Balaban J connectivity index is 2.41. The van der Waals surface area contributed by atoms with E-state index in [1.54, 1.807) is 11.3 Å². The molecule has 0 aliphatic rings. The lowest BCUT2D eigenvalue weighted by molar-refractivity contribution is 0.145. The molecule has 114 valence electrons. The van der Waals surface area contributed by atoms with Gasteiger partial charge in [-0.25, -0.2) is 9.98 Å². The minimum Gasteiger partial charge on any atom is -0.382 e. The van der Waals surface area contributed by atoms with E-state index in [1.165, 1.54) is 4.88 Å². The Morgan fingerprint density at radius 1 is 1.30 bits per heavy atom. The van der Waals surface area contributed by atoms with Crippen molar-refractivity contribution in [3.05, 3.63) is 15.6 Å². The Morgan fingerprint density at radius 3 is 2.70 bits per heavy atom. The van der Waals surface area contributed by atoms with Gasteiger partial charge in [0.1, 0.15) is 5.01 Å². The third-order valence-electron chi connectivity index (χ3n) is 2.75. The first kappa shape index (κ1) is 16.9. The highest BCUT2D eigenvalue weighted by Gasteiger charge is 2.03. The standard InChI is InChI=1S/C14H26N4OS/c1-5-15-14(16-8-7-9-19-6-2)17-10-13-18-11(3)12(4)20-13/h5-10H2,1-4H3,(H2,15,16,17). The molecule has 2 N–H and O–H groups in total. The molecule has 5 nitrogen and oxygen atoms in total. The second-order valence-corrected chi connectivity index (χ2v) is 5.71. The van der Waals surface area contributed by atoms with E-state index in [-0.39, 0.29) is 0 Å². The maximum atomic E-state index is 5.31. The molecule has 0 radical (unpaired) electrons. The Hall–Kier alpha value is -1.14. The number of thiazole rings is 1. The predicted molar refractivity (Wildman–Crippen MR) is 85.5 cm³/mol. The quantitative estimate of drug-likeness (QED) is 0.439. The van der Waals surface area contributed by atoms with Gasteiger partial charge in [0.05, 0.1) is 12.2 Å². The van der Waals surface area contributed by atoms with Crippen molar-refractivity contribution in [3.8, 4) is 0 Å². The molecule has 1 aromatic rings. The van der Waals surface area contributed by atoms with E-state index in [1.807, 2.05) is 13.8 Å². The molecule has 20 heavy (non-hydrogen) atoms. The fourth-order valence-corrected chi connectivity index (χ4v) is 2.48. The SMILES string of the molecule is CCNC(=NCc1nc(C)c(C)s1)NCCCOCC. The van der Waals surface area contributed by atoms with Crippen LogP contribution >= 0.6 is 11.3 Å². The third kappa shape index (κ3) is 6.34. The van der Waals surface area contributed by atoms with Crippen molar-refractivity contribution in [2.75, 3.05) is 26.3 Å². The van der Waals surface area contributed by atoms with Crippen LogP contribution in [0.3, 0.4) is 0 Å². The summed E-state index contributed by atoms with van der Waals surface area (Å²) in [6.07, 6.45) is 0.980. The van der Waals surface area contributed by atoms with E-state index >= 15 is 0 Å². The van der Waals surface area contributed by atoms with E-state index in [0.29, 0.717) is 6.54 Å². The number of aromatic nitrogens is 1. The Morgan fingerprint density at radius 2 is 2.10 bits per heavy atom. The molecule has 0 fully saturated rings. The molecule has 0 aliphatic carbocycles. The second kappa shape index (κ2) is 9.72. The van der Waals surface area contributed by atoms with Crippen LogP contribution in [0.1, 0.15) is 35.8 Å². The molecule has 0 unspecified atom stereocenters. The number of guanidine groups is 1. The number of aliphatic imine (C=N–C) groups is 1. The molecule has 0 bridgehead atoms. The van der Waals surface area contributed by atoms with Crippen molar-refractivity contribution >= 4 is 17.3 Å². The molecule has 0 atom stereocenters. The summed E-state index contributed by atoms with van der Waals surface area (Å²) in [6.45, 7) is 12.1. The van der Waals surface area contributed by atoms with Crippen LogP contribution in [0, 0.1) is 13.8 Å². The minimum atomic E-state index is 0.625. The number of aryl methyl sites for hydroxylation is 2. The average molecular weight is 298 g/mol. The Labute approximate surface area is 125 Å². The van der Waals surface area contributed by atoms with Crippen LogP contribution in [0.5, 0.6) is 0 Å². The largest absolute Gasteiger partial charge is 0.382 e. The average Bonchev–Trinajstić information content (AvgIpc) is 2.75. The fraction of sp³-hybridized carbons (Fsp3) is 0.714. The summed E-state index contributed by atoms with van der Waals surface area (Å²) in [5, 5.41) is 7.61. The van der Waals surface area contributed by atoms with Gasteiger partial charge in [-0.1, -0.05) is 0 Å². The topological polar surface area (TPSA) is 58.5 Å². The monoisotopic (exact) mass is 298 g/mol. The molecule has 0 amide bonds. The minimum absolute atomic E-state index is 0.625. The van der Waals surface area contributed by atoms with Crippen molar-refractivity contribution in [3.63, 3.8) is 0 Å². The van der Waals surface area contributed by atoms with E-state index < -0.39 is 0 Å². The number of hydrogen-bond acceptors (Lipinski definition) is 4. The van der Waals surface area contributed by atoms with Crippen LogP contribution < -0.4 is 10.6 Å². The first-order chi connectivity index (χ1) is 9.67. The van der Waals surface area contributed by atoms with Gasteiger partial charge in [0.15, 0.2) is 5.96 Å². The number of rotatable bonds is 8. The Kier molecular flexibility index (Phi) is 8.22. The van der Waals surface area contributed by atoms with Crippen LogP contribution in [0.4, 0.5) is 0 Å². The molecular formula is C14H26N4OS. The van der Waals surface area contributed by atoms with Crippen molar-refractivity contribution in [1.82, 2.24) is 15.6 Å². The zero-order valence-corrected chi connectivity index (χ0v) is 13.8. The maximum absolute atomic E-state index is 5.31. The molecule has 6 heteroatoms. The van der Waals surface area contributed by atoms with Crippen molar-refractivity contribution < 1.29 is 4.74 Å². The summed E-state index contributed by atoms with van der Waals surface area (Å²) >= 11 is 1.72. The predicted octanol–water partition coefficient (Wildman–Crippen LogP) is 2.24. The van der Waals surface area contributed by atoms with Crippen LogP contribution in [0.25, 0.3) is 0 Å². The summed E-state index contributed by atoms with van der Waals surface area (Å²) in [5.74, 6) is 0.842. The number of hydrogen-bond donors (Lipinski definition) is 2. The molecule has 1 rings (SSSR count). The molecule has 1 heterocycles. The lowest BCUT2D eigenvalue weighted by atomic mass is 10.4. The summed E-state index contributed by atoms with van der Waals surface area (Å²) in [6, 6.07) is 0. The highest BCUT2D eigenvalue weighted by atomic mass is 32.1. The second-order valence-electron chi connectivity index (χ2n) is 4.42. The Bertz CT molecular complexity index is 398. The van der Waals surface area contributed by atoms with Gasteiger partial charge in [0, 0.05) is 31.2 Å². The van der Waals surface area contributed by atoms with Crippen LogP contribution in [0.2, 0.25) is 0 Å². The van der Waals surface area contributed by atoms with E-state index in [4.69, 9.17) is 4.74 Å². The van der Waals surface area contributed by atoms with Crippen molar-refractivity contribution in [1.29, 1.82) is 0 Å². The lowest BCUT2D eigenvalue weighted by Gasteiger charge is -2.10. The zero-order chi connectivity index (χ0) is 14.8. The molecular weight excluding hydrogens is 272 g/mol. The maximum Gasteiger partial charge on any atom is 0.191 e. The molecule has 0 spiro atoms. The first-order valence-corrected chi connectivity index (χ1v) is 8.01. The van der Waals surface area contributed by atoms with Gasteiger partial charge in [-0.15, -0.1) is 11.3 Å². The molecule has 1 aromatic heterocycles. The van der Waals surface area contributed by atoms with E-state index in [2.05, 4.69) is 34.5 Å². The van der Waals surface area contributed by atoms with Gasteiger partial charge in [-0.2, -0.15) is 0 Å². The normalized spacial score (nSPS) is 11.7. The highest BCUT2D eigenvalue weighted by molar-refractivity contribution is 7.11. The van der Waals surface area contributed by atoms with Gasteiger partial charge in [0.25, 0.3) is 0 Å². The van der Waals surface area contributed by atoms with E-state index in [9.17, 15) is 0 Å². The molecule has 0 saturated heterocycles. The summed E-state index contributed by atoms with van der Waals surface area (Å²) in [5.41, 5.74) is 1.11. The zero-order valence-electron chi connectivity index (χ0n) is 13.0. The van der Waals surface area contributed by atoms with E-state index in [0.717, 1.165) is 49.4 Å². The number of ether oxygens (including phenoxy) is 1. The fourth-order valence-electron chi connectivity index (χ4n) is 1.62. The molecule has 0 aromatic carbocycles. The van der Waals surface area contributed by atoms with Gasteiger partial charge in [0.2, 0.25) is 0 Å². The summed E-state index contributed by atoms with van der Waals surface area (Å²) in [4.78, 5) is 10.3. The van der Waals surface area contributed by atoms with Gasteiger partial charge in [-0.05, 0) is 34.1 Å². The number of nitrogens with one attached hydrogen (secondary N) is 2. The third-order valence-corrected chi connectivity index (χ3v) is 3.81. The van der Waals surface area contributed by atoms with Gasteiger partial charge >= 0.3 is 0 Å². The summed E-state index contributed by atoms with van der Waals surface area (Å²) in [7, 11) is 0. The number of nitrogens with zero attached hydrogens (tertiary/aromatic N) is 2. The summed E-state index contributed by atoms with van der Waals surface area (Å²) < 4.78 is 5.31. The van der Waals surface area contributed by atoms with Crippen molar-refractivity contribution in [2.45, 2.75) is 40.7 Å². The first-order valence-electron chi connectivity index (χ1n) is 7.20. The molecule has 0 aliphatic heterocycles. The lowest BCUT2D eigenvalue weighted by Crippen LogP contribution is -2.38. The molecule has 0 saturated carbocycles. The highest BCUT2D eigenvalue weighted by Crippen LogP contribution is 2.16. The van der Waals surface area contributed by atoms with Crippen LogP contribution in [-0.4, -0.2) is 37.2 Å². The van der Waals surface area contributed by atoms with Gasteiger partial charge < -0.3 is 15.4 Å². The van der Waals surface area contributed by atoms with Crippen LogP contribution in [-0.2, 0) is 11.3 Å². The van der Waals surface area contributed by atoms with Gasteiger partial charge in [-0.3, -0.25) is 0 Å². The van der Waals surface area contributed by atoms with Crippen LogP contribution in [0.15, 0.2) is 4.99 Å². The van der Waals surface area contributed by atoms with Crippen molar-refractivity contribution in [2.24, 2.45) is 4.99 Å². The smallest absolute Gasteiger partial charge is 0.191 e.